The zero-order valence-electron chi connectivity index (χ0n) is 18.7. The number of hydrogen-bond donors (Lipinski definition) is 2. The number of pyridine rings is 1. The van der Waals surface area contributed by atoms with Crippen molar-refractivity contribution in [1.29, 1.82) is 5.26 Å². The normalized spacial score (nSPS) is 21.6. The molecule has 0 radical (unpaired) electrons. The Morgan fingerprint density at radius 1 is 1.00 bits per heavy atom. The van der Waals surface area contributed by atoms with Gasteiger partial charge in [-0.05, 0) is 75.2 Å². The summed E-state index contributed by atoms with van der Waals surface area (Å²) in [7, 11) is 0. The number of fused-ring (bicyclic) bond motifs is 1. The number of benzene rings is 1. The first-order valence-electron chi connectivity index (χ1n) is 11.9. The average Bonchev–Trinajstić information content (AvgIpc) is 2.86. The van der Waals surface area contributed by atoms with Crippen LogP contribution in [0.1, 0.15) is 67.0 Å². The fraction of sp³-hybridized carbons (Fsp3) is 0.462. The molecule has 0 spiro atoms. The van der Waals surface area contributed by atoms with Gasteiger partial charge in [0.1, 0.15) is 11.9 Å². The van der Waals surface area contributed by atoms with E-state index < -0.39 is 0 Å². The van der Waals surface area contributed by atoms with Crippen LogP contribution in [0.15, 0.2) is 36.7 Å². The molecule has 170 valence electrons. The van der Waals surface area contributed by atoms with Gasteiger partial charge in [0.2, 0.25) is 5.88 Å². The number of nitrogens with zero attached hydrogens (tertiary/aromatic N) is 4. The molecule has 0 bridgehead atoms. The molecule has 1 saturated carbocycles. The second-order valence-electron chi connectivity index (χ2n) is 9.13. The van der Waals surface area contributed by atoms with Crippen molar-refractivity contribution in [3.05, 3.63) is 59.2 Å². The number of rotatable bonds is 5. The Bertz CT molecular complexity index is 1140. The van der Waals surface area contributed by atoms with Gasteiger partial charge in [-0.3, -0.25) is 0 Å². The molecule has 7 nitrogen and oxygen atoms in total. The van der Waals surface area contributed by atoms with Crippen molar-refractivity contribution in [2.24, 2.45) is 0 Å². The minimum Gasteiger partial charge on any atom is -0.474 e. The van der Waals surface area contributed by atoms with Crippen LogP contribution in [0, 0.1) is 11.3 Å². The molecule has 1 saturated heterocycles. The van der Waals surface area contributed by atoms with Crippen LogP contribution in [-0.4, -0.2) is 45.4 Å². The van der Waals surface area contributed by atoms with Crippen LogP contribution < -0.4 is 10.1 Å². The summed E-state index contributed by atoms with van der Waals surface area (Å²) in [5.74, 6) is 1.68. The van der Waals surface area contributed by atoms with Gasteiger partial charge in [-0.15, -0.1) is 0 Å². The molecule has 33 heavy (non-hydrogen) atoms. The van der Waals surface area contributed by atoms with Gasteiger partial charge in [-0.25, -0.2) is 15.0 Å². The van der Waals surface area contributed by atoms with Gasteiger partial charge in [-0.2, -0.15) is 5.26 Å². The van der Waals surface area contributed by atoms with Gasteiger partial charge < -0.3 is 15.2 Å². The third-order valence-corrected chi connectivity index (χ3v) is 6.81. The van der Waals surface area contributed by atoms with E-state index in [0.717, 1.165) is 79.5 Å². The largest absolute Gasteiger partial charge is 0.474 e. The van der Waals surface area contributed by atoms with E-state index in [1.54, 1.807) is 0 Å². The van der Waals surface area contributed by atoms with E-state index in [-0.39, 0.29) is 12.2 Å². The lowest BCUT2D eigenvalue weighted by Crippen LogP contribution is -2.34. The molecule has 0 amide bonds. The second-order valence-corrected chi connectivity index (χ2v) is 9.13. The van der Waals surface area contributed by atoms with Gasteiger partial charge in [0.15, 0.2) is 0 Å². The van der Waals surface area contributed by atoms with Crippen molar-refractivity contribution >= 4 is 10.9 Å². The molecule has 7 heteroatoms. The van der Waals surface area contributed by atoms with E-state index in [9.17, 15) is 5.11 Å². The lowest BCUT2D eigenvalue weighted by atomic mass is 9.82. The quantitative estimate of drug-likeness (QED) is 0.620. The SMILES string of the molecule is N#Cc1ccc(Cc2ncc3c(OC4CCNCC4)ncc(C4CCC(O)CC4)c3n2)cc1. The van der Waals surface area contributed by atoms with Gasteiger partial charge >= 0.3 is 0 Å². The van der Waals surface area contributed by atoms with Crippen molar-refractivity contribution in [3.63, 3.8) is 0 Å². The van der Waals surface area contributed by atoms with Crippen molar-refractivity contribution in [2.75, 3.05) is 13.1 Å². The van der Waals surface area contributed by atoms with Gasteiger partial charge in [-0.1, -0.05) is 12.1 Å². The Labute approximate surface area is 193 Å². The van der Waals surface area contributed by atoms with Crippen LogP contribution in [0.3, 0.4) is 0 Å². The lowest BCUT2D eigenvalue weighted by molar-refractivity contribution is 0.122. The number of aliphatic hydroxyl groups is 1. The van der Waals surface area contributed by atoms with Gasteiger partial charge in [0.25, 0.3) is 0 Å². The maximum Gasteiger partial charge on any atom is 0.224 e. The molecule has 2 N–H and O–H groups in total. The average molecular weight is 444 g/mol. The van der Waals surface area contributed by atoms with Gasteiger partial charge in [0, 0.05) is 24.4 Å². The Morgan fingerprint density at radius 2 is 1.76 bits per heavy atom. The number of hydrogen-bond acceptors (Lipinski definition) is 7. The fourth-order valence-corrected chi connectivity index (χ4v) is 4.87. The number of ether oxygens (including phenoxy) is 1. The van der Waals surface area contributed by atoms with Crippen molar-refractivity contribution in [2.45, 2.75) is 63.1 Å². The standard InChI is InChI=1S/C26H29N5O2/c27-14-18-3-1-17(2-4-18)13-24-29-16-23-25(31-24)22(19-5-7-20(32)8-6-19)15-30-26(23)33-21-9-11-28-12-10-21/h1-4,15-16,19-21,28,32H,5-13H2. The summed E-state index contributed by atoms with van der Waals surface area (Å²) in [4.78, 5) is 14.4. The Kier molecular flexibility index (Phi) is 6.47. The highest BCUT2D eigenvalue weighted by molar-refractivity contribution is 5.85. The van der Waals surface area contributed by atoms with E-state index in [1.807, 2.05) is 36.7 Å². The molecular weight excluding hydrogens is 414 g/mol. The summed E-state index contributed by atoms with van der Waals surface area (Å²) in [6.07, 6.45) is 9.73. The van der Waals surface area contributed by atoms with Crippen LogP contribution in [0.5, 0.6) is 5.88 Å². The van der Waals surface area contributed by atoms with Crippen LogP contribution in [0.4, 0.5) is 0 Å². The van der Waals surface area contributed by atoms with E-state index in [0.29, 0.717) is 23.8 Å². The maximum atomic E-state index is 9.97. The summed E-state index contributed by atoms with van der Waals surface area (Å²) in [5.41, 5.74) is 3.74. The third-order valence-electron chi connectivity index (χ3n) is 6.81. The predicted molar refractivity (Wildman–Crippen MR) is 125 cm³/mol. The van der Waals surface area contributed by atoms with E-state index in [1.165, 1.54) is 0 Å². The number of nitrogens with one attached hydrogen (secondary N) is 1. The molecule has 3 heterocycles. The summed E-state index contributed by atoms with van der Waals surface area (Å²) < 4.78 is 6.31. The Balaban J connectivity index is 1.49. The van der Waals surface area contributed by atoms with Crippen LogP contribution in [0.25, 0.3) is 10.9 Å². The molecule has 1 aromatic carbocycles. The summed E-state index contributed by atoms with van der Waals surface area (Å²) in [5, 5.41) is 23.2. The number of nitriles is 1. The number of piperidine rings is 1. The molecule has 3 aromatic rings. The predicted octanol–water partition coefficient (Wildman–Crippen LogP) is 3.64. The topological polar surface area (TPSA) is 104 Å². The van der Waals surface area contributed by atoms with Crippen LogP contribution in [-0.2, 0) is 6.42 Å². The zero-order valence-corrected chi connectivity index (χ0v) is 18.7. The van der Waals surface area contributed by atoms with Gasteiger partial charge in [0.05, 0.1) is 28.6 Å². The minimum atomic E-state index is -0.204. The first-order valence-corrected chi connectivity index (χ1v) is 11.9. The fourth-order valence-electron chi connectivity index (χ4n) is 4.87. The smallest absolute Gasteiger partial charge is 0.224 e. The second kappa shape index (κ2) is 9.82. The monoisotopic (exact) mass is 443 g/mol. The molecule has 2 aromatic heterocycles. The van der Waals surface area contributed by atoms with Crippen molar-refractivity contribution in [3.8, 4) is 11.9 Å². The lowest BCUT2D eigenvalue weighted by Gasteiger charge is -2.27. The summed E-state index contributed by atoms with van der Waals surface area (Å²) >= 11 is 0. The minimum absolute atomic E-state index is 0.149. The summed E-state index contributed by atoms with van der Waals surface area (Å²) in [6, 6.07) is 9.71. The third kappa shape index (κ3) is 4.97. The molecular formula is C26H29N5O2. The highest BCUT2D eigenvalue weighted by atomic mass is 16.5. The molecule has 0 atom stereocenters. The molecule has 1 aliphatic heterocycles. The van der Waals surface area contributed by atoms with Crippen molar-refractivity contribution in [1.82, 2.24) is 20.3 Å². The highest BCUT2D eigenvalue weighted by Gasteiger charge is 2.25. The van der Waals surface area contributed by atoms with E-state index in [2.05, 4.69) is 16.4 Å². The highest BCUT2D eigenvalue weighted by Crippen LogP contribution is 2.37. The van der Waals surface area contributed by atoms with Crippen LogP contribution >= 0.6 is 0 Å². The first kappa shape index (κ1) is 21.7. The van der Waals surface area contributed by atoms with Crippen LogP contribution in [0.2, 0.25) is 0 Å². The number of aromatic nitrogens is 3. The van der Waals surface area contributed by atoms with E-state index >= 15 is 0 Å². The first-order chi connectivity index (χ1) is 16.2. The number of aliphatic hydroxyl groups excluding tert-OH is 1. The molecule has 5 rings (SSSR count). The Hall–Kier alpha value is -3.08. The van der Waals surface area contributed by atoms with Crippen molar-refractivity contribution < 1.29 is 9.84 Å². The molecule has 0 unspecified atom stereocenters. The molecule has 2 aliphatic rings. The zero-order chi connectivity index (χ0) is 22.6. The summed E-state index contributed by atoms with van der Waals surface area (Å²) in [6.45, 7) is 1.91. The maximum absolute atomic E-state index is 9.97. The molecule has 2 fully saturated rings. The Morgan fingerprint density at radius 3 is 2.48 bits per heavy atom. The molecule has 1 aliphatic carbocycles. The van der Waals surface area contributed by atoms with E-state index in [4.69, 9.17) is 20.0 Å².